The van der Waals surface area contributed by atoms with Gasteiger partial charge in [-0.05, 0) is 62.2 Å². The minimum absolute atomic E-state index is 0.0609. The van der Waals surface area contributed by atoms with E-state index in [-0.39, 0.29) is 18.5 Å². The lowest BCUT2D eigenvalue weighted by atomic mass is 10.1. The lowest BCUT2D eigenvalue weighted by molar-refractivity contribution is -0.139. The molecule has 10 heteroatoms. The Kier molecular flexibility index (Phi) is 9.76. The Bertz CT molecular complexity index is 1070. The first-order valence-corrected chi connectivity index (χ1v) is 13.1. The van der Waals surface area contributed by atoms with E-state index in [1.165, 1.54) is 12.0 Å². The maximum absolute atomic E-state index is 13.5. The molecule has 0 saturated carbocycles. The third-order valence-corrected chi connectivity index (χ3v) is 6.87. The van der Waals surface area contributed by atoms with Crippen molar-refractivity contribution in [2.24, 2.45) is 0 Å². The predicted octanol–water partition coefficient (Wildman–Crippen LogP) is 3.45. The van der Waals surface area contributed by atoms with Gasteiger partial charge in [-0.1, -0.05) is 30.7 Å². The van der Waals surface area contributed by atoms with E-state index in [9.17, 15) is 18.0 Å². The zero-order valence-electron chi connectivity index (χ0n) is 20.1. The molecule has 0 aliphatic carbocycles. The quantitative estimate of drug-likeness (QED) is 0.500. The number of nitrogens with zero attached hydrogens (tertiary/aromatic N) is 2. The van der Waals surface area contributed by atoms with Crippen molar-refractivity contribution in [3.8, 4) is 5.75 Å². The van der Waals surface area contributed by atoms with Crippen LogP contribution in [-0.2, 0) is 26.2 Å². The van der Waals surface area contributed by atoms with Crippen molar-refractivity contribution in [2.75, 3.05) is 24.2 Å². The van der Waals surface area contributed by atoms with E-state index in [0.717, 1.165) is 22.5 Å². The van der Waals surface area contributed by atoms with E-state index < -0.39 is 28.5 Å². The lowest BCUT2D eigenvalue weighted by Gasteiger charge is -2.32. The first-order chi connectivity index (χ1) is 16.0. The zero-order chi connectivity index (χ0) is 25.5. The Balaban J connectivity index is 2.36. The Morgan fingerprint density at radius 2 is 1.65 bits per heavy atom. The Morgan fingerprint density at radius 3 is 2.15 bits per heavy atom. The Morgan fingerprint density at radius 1 is 1.06 bits per heavy atom. The fourth-order valence-corrected chi connectivity index (χ4v) is 4.17. The summed E-state index contributed by atoms with van der Waals surface area (Å²) in [6, 6.07) is 12.4. The fourth-order valence-electron chi connectivity index (χ4n) is 3.20. The van der Waals surface area contributed by atoms with Crippen LogP contribution in [0.3, 0.4) is 0 Å². The molecule has 0 heterocycles. The molecule has 2 aromatic rings. The summed E-state index contributed by atoms with van der Waals surface area (Å²) in [5, 5.41) is 3.44. The maximum Gasteiger partial charge on any atom is 0.244 e. The second-order valence-corrected chi connectivity index (χ2v) is 10.5. The number of amides is 2. The SMILES string of the molecule is CC[C@H](C)NC(=O)[C@@H](C)N(Cc1ccc(Cl)cc1)C(=O)CN(c1ccc(OC)cc1)S(C)(=O)=O. The van der Waals surface area contributed by atoms with Gasteiger partial charge < -0.3 is 15.0 Å². The van der Waals surface area contributed by atoms with Gasteiger partial charge in [0.1, 0.15) is 18.3 Å². The van der Waals surface area contributed by atoms with E-state index >= 15 is 0 Å². The van der Waals surface area contributed by atoms with Gasteiger partial charge in [-0.25, -0.2) is 8.42 Å². The summed E-state index contributed by atoms with van der Waals surface area (Å²) in [6.45, 7) is 5.12. The van der Waals surface area contributed by atoms with Gasteiger partial charge in [-0.15, -0.1) is 0 Å². The molecule has 2 aromatic carbocycles. The first-order valence-electron chi connectivity index (χ1n) is 10.9. The Labute approximate surface area is 206 Å². The van der Waals surface area contributed by atoms with Crippen LogP contribution in [0, 0.1) is 0 Å². The van der Waals surface area contributed by atoms with E-state index in [4.69, 9.17) is 16.3 Å². The van der Waals surface area contributed by atoms with Crippen LogP contribution in [0.15, 0.2) is 48.5 Å². The number of hydrogen-bond acceptors (Lipinski definition) is 5. The predicted molar refractivity (Wildman–Crippen MR) is 135 cm³/mol. The number of ether oxygens (including phenoxy) is 1. The van der Waals surface area contributed by atoms with Crippen LogP contribution in [0.1, 0.15) is 32.8 Å². The molecule has 0 unspecified atom stereocenters. The molecule has 0 aliphatic rings. The highest BCUT2D eigenvalue weighted by molar-refractivity contribution is 7.92. The van der Waals surface area contributed by atoms with Crippen LogP contribution >= 0.6 is 11.6 Å². The van der Waals surface area contributed by atoms with Gasteiger partial charge in [0.05, 0.1) is 19.1 Å². The van der Waals surface area contributed by atoms with E-state index in [2.05, 4.69) is 5.32 Å². The van der Waals surface area contributed by atoms with Crippen LogP contribution in [0.25, 0.3) is 0 Å². The summed E-state index contributed by atoms with van der Waals surface area (Å²) in [4.78, 5) is 27.7. The number of anilines is 1. The average Bonchev–Trinajstić information content (AvgIpc) is 2.80. The highest BCUT2D eigenvalue weighted by Gasteiger charge is 2.30. The summed E-state index contributed by atoms with van der Waals surface area (Å²) in [5.74, 6) is -0.266. The first kappa shape index (κ1) is 27.5. The van der Waals surface area contributed by atoms with Crippen molar-refractivity contribution in [3.63, 3.8) is 0 Å². The van der Waals surface area contributed by atoms with E-state index in [1.54, 1.807) is 55.5 Å². The van der Waals surface area contributed by atoms with Crippen molar-refractivity contribution >= 4 is 39.1 Å². The maximum atomic E-state index is 13.5. The monoisotopic (exact) mass is 509 g/mol. The van der Waals surface area contributed by atoms with Gasteiger partial charge in [0, 0.05) is 17.6 Å². The summed E-state index contributed by atoms with van der Waals surface area (Å²) in [7, 11) is -2.28. The van der Waals surface area contributed by atoms with Crippen LogP contribution in [-0.4, -0.2) is 57.1 Å². The Hall–Kier alpha value is -2.78. The van der Waals surface area contributed by atoms with Crippen LogP contribution < -0.4 is 14.4 Å². The zero-order valence-corrected chi connectivity index (χ0v) is 21.7. The molecule has 0 fully saturated rings. The number of sulfonamides is 1. The topological polar surface area (TPSA) is 96.0 Å². The number of rotatable bonds is 11. The van der Waals surface area contributed by atoms with Gasteiger partial charge in [0.15, 0.2) is 0 Å². The molecule has 186 valence electrons. The number of methoxy groups -OCH3 is 1. The van der Waals surface area contributed by atoms with Gasteiger partial charge >= 0.3 is 0 Å². The van der Waals surface area contributed by atoms with Gasteiger partial charge in [0.25, 0.3) is 0 Å². The largest absolute Gasteiger partial charge is 0.497 e. The van der Waals surface area contributed by atoms with Crippen molar-refractivity contribution in [2.45, 2.75) is 45.8 Å². The second kappa shape index (κ2) is 12.1. The molecule has 2 rings (SSSR count). The lowest BCUT2D eigenvalue weighted by Crippen LogP contribution is -2.52. The molecule has 8 nitrogen and oxygen atoms in total. The van der Waals surface area contributed by atoms with Crippen molar-refractivity contribution in [1.82, 2.24) is 10.2 Å². The molecule has 0 aromatic heterocycles. The smallest absolute Gasteiger partial charge is 0.244 e. The van der Waals surface area contributed by atoms with Gasteiger partial charge in [0.2, 0.25) is 21.8 Å². The molecule has 1 N–H and O–H groups in total. The number of benzene rings is 2. The molecular weight excluding hydrogens is 478 g/mol. The molecule has 2 amide bonds. The summed E-state index contributed by atoms with van der Waals surface area (Å²) in [5.41, 5.74) is 1.08. The summed E-state index contributed by atoms with van der Waals surface area (Å²) in [6.07, 6.45) is 1.77. The van der Waals surface area contributed by atoms with E-state index in [1.807, 2.05) is 13.8 Å². The van der Waals surface area contributed by atoms with Crippen LogP contribution in [0.2, 0.25) is 5.02 Å². The number of nitrogens with one attached hydrogen (secondary N) is 1. The van der Waals surface area contributed by atoms with Crippen LogP contribution in [0.5, 0.6) is 5.75 Å². The summed E-state index contributed by atoms with van der Waals surface area (Å²) >= 11 is 5.98. The fraction of sp³-hybridized carbons (Fsp3) is 0.417. The highest BCUT2D eigenvalue weighted by atomic mass is 35.5. The highest BCUT2D eigenvalue weighted by Crippen LogP contribution is 2.22. The molecule has 0 aliphatic heterocycles. The van der Waals surface area contributed by atoms with Crippen molar-refractivity contribution in [3.05, 3.63) is 59.1 Å². The average molecular weight is 510 g/mol. The van der Waals surface area contributed by atoms with Crippen LogP contribution in [0.4, 0.5) is 5.69 Å². The standard InChI is InChI=1S/C24H32ClN3O5S/c1-6-17(2)26-24(30)18(3)27(15-19-7-9-20(25)10-8-19)23(29)16-28(34(5,31)32)21-11-13-22(33-4)14-12-21/h7-14,17-18H,6,15-16H2,1-5H3,(H,26,30)/t17-,18+/m0/s1. The summed E-state index contributed by atoms with van der Waals surface area (Å²) < 4.78 is 31.3. The third-order valence-electron chi connectivity index (χ3n) is 5.47. The number of carbonyl (C=O) groups excluding carboxylic acids is 2. The van der Waals surface area contributed by atoms with Crippen molar-refractivity contribution in [1.29, 1.82) is 0 Å². The molecule has 0 spiro atoms. The van der Waals surface area contributed by atoms with E-state index in [0.29, 0.717) is 16.5 Å². The number of carbonyl (C=O) groups is 2. The third kappa shape index (κ3) is 7.63. The van der Waals surface area contributed by atoms with Gasteiger partial charge in [-0.2, -0.15) is 0 Å². The number of halogens is 1. The molecule has 34 heavy (non-hydrogen) atoms. The minimum atomic E-state index is -3.79. The molecule has 2 atom stereocenters. The second-order valence-electron chi connectivity index (χ2n) is 8.11. The number of hydrogen-bond donors (Lipinski definition) is 1. The van der Waals surface area contributed by atoms with Gasteiger partial charge in [-0.3, -0.25) is 13.9 Å². The minimum Gasteiger partial charge on any atom is -0.497 e. The molecule has 0 radical (unpaired) electrons. The molecule has 0 bridgehead atoms. The van der Waals surface area contributed by atoms with Crippen molar-refractivity contribution < 1.29 is 22.7 Å². The molecular formula is C24H32ClN3O5S. The molecule has 0 saturated heterocycles. The normalized spacial score (nSPS) is 13.0.